The molecule has 20 heavy (non-hydrogen) atoms. The zero-order chi connectivity index (χ0) is 16.0. The maximum Gasteiger partial charge on any atom is 0.407 e. The van der Waals surface area contributed by atoms with E-state index in [1.54, 1.807) is 41.5 Å². The van der Waals surface area contributed by atoms with E-state index in [0.29, 0.717) is 0 Å². The van der Waals surface area contributed by atoms with Crippen LogP contribution in [0.5, 0.6) is 0 Å². The van der Waals surface area contributed by atoms with Gasteiger partial charge in [-0.25, -0.2) is 9.59 Å². The Morgan fingerprint density at radius 2 is 1.45 bits per heavy atom. The second-order valence-electron chi connectivity index (χ2n) is 6.46. The molecular formula is C13H27N3O4. The molecular weight excluding hydrogens is 262 g/mol. The molecule has 4 N–H and O–H groups in total. The van der Waals surface area contributed by atoms with Crippen LogP contribution in [0.1, 0.15) is 41.5 Å². The zero-order valence-electron chi connectivity index (χ0n) is 13.2. The first kappa shape index (κ1) is 18.5. The highest BCUT2D eigenvalue weighted by Crippen LogP contribution is 2.07. The van der Waals surface area contributed by atoms with E-state index < -0.39 is 29.4 Å². The van der Waals surface area contributed by atoms with Gasteiger partial charge in [-0.2, -0.15) is 0 Å². The highest BCUT2D eigenvalue weighted by Gasteiger charge is 2.20. The minimum Gasteiger partial charge on any atom is -0.444 e. The minimum absolute atomic E-state index is 0.171. The third-order valence-electron chi connectivity index (χ3n) is 1.90. The maximum absolute atomic E-state index is 11.6. The molecule has 0 rings (SSSR count). The number of alkyl carbamates (subject to hydrolysis) is 2. The summed E-state index contributed by atoms with van der Waals surface area (Å²) in [6.07, 6.45) is -1.12. The molecule has 0 fully saturated rings. The van der Waals surface area contributed by atoms with Gasteiger partial charge in [0.25, 0.3) is 0 Å². The van der Waals surface area contributed by atoms with Crippen LogP contribution in [0.25, 0.3) is 0 Å². The summed E-state index contributed by atoms with van der Waals surface area (Å²) in [7, 11) is 0. The van der Waals surface area contributed by atoms with Crippen molar-refractivity contribution in [2.75, 3.05) is 13.1 Å². The molecule has 0 radical (unpaired) electrons. The van der Waals surface area contributed by atoms with Crippen molar-refractivity contribution in [2.45, 2.75) is 58.8 Å². The normalized spacial score (nSPS) is 13.3. The Kier molecular flexibility index (Phi) is 6.78. The lowest BCUT2D eigenvalue weighted by Crippen LogP contribution is -2.49. The summed E-state index contributed by atoms with van der Waals surface area (Å²) in [5.74, 6) is 0. The summed E-state index contributed by atoms with van der Waals surface area (Å²) in [5, 5.41) is 5.13. The molecule has 0 saturated heterocycles. The predicted molar refractivity (Wildman–Crippen MR) is 76.4 cm³/mol. The van der Waals surface area contributed by atoms with Crippen LogP contribution in [0, 0.1) is 0 Å². The van der Waals surface area contributed by atoms with Crippen molar-refractivity contribution in [1.29, 1.82) is 0 Å². The second kappa shape index (κ2) is 7.33. The van der Waals surface area contributed by atoms with E-state index in [1.807, 2.05) is 0 Å². The number of carbonyl (C=O) groups is 2. The number of hydrogen-bond acceptors (Lipinski definition) is 5. The van der Waals surface area contributed by atoms with E-state index in [1.165, 1.54) is 0 Å². The van der Waals surface area contributed by atoms with Crippen molar-refractivity contribution in [3.63, 3.8) is 0 Å². The lowest BCUT2D eigenvalue weighted by molar-refractivity contribution is 0.0465. The van der Waals surface area contributed by atoms with Crippen LogP contribution < -0.4 is 16.4 Å². The van der Waals surface area contributed by atoms with Crippen molar-refractivity contribution < 1.29 is 19.1 Å². The fourth-order valence-electron chi connectivity index (χ4n) is 1.19. The summed E-state index contributed by atoms with van der Waals surface area (Å²) in [5.41, 5.74) is 4.39. The van der Waals surface area contributed by atoms with Crippen LogP contribution in [0.15, 0.2) is 0 Å². The average Bonchev–Trinajstić information content (AvgIpc) is 2.18. The lowest BCUT2D eigenvalue weighted by Gasteiger charge is -2.24. The van der Waals surface area contributed by atoms with Crippen molar-refractivity contribution >= 4 is 12.2 Å². The van der Waals surface area contributed by atoms with Gasteiger partial charge in [0.1, 0.15) is 11.2 Å². The van der Waals surface area contributed by atoms with Crippen molar-refractivity contribution in [3.05, 3.63) is 0 Å². The molecule has 0 aromatic heterocycles. The molecule has 118 valence electrons. The summed E-state index contributed by atoms with van der Waals surface area (Å²) in [6.45, 7) is 11.0. The second-order valence-corrected chi connectivity index (χ2v) is 6.46. The Morgan fingerprint density at radius 3 is 1.85 bits per heavy atom. The first-order valence-corrected chi connectivity index (χ1v) is 6.59. The highest BCUT2D eigenvalue weighted by molar-refractivity contribution is 5.69. The van der Waals surface area contributed by atoms with Crippen LogP contribution in [0.4, 0.5) is 9.59 Å². The van der Waals surface area contributed by atoms with Crippen LogP contribution in [0.2, 0.25) is 0 Å². The molecule has 0 aliphatic rings. The number of carbonyl (C=O) groups excluding carboxylic acids is 2. The number of rotatable bonds is 4. The summed E-state index contributed by atoms with van der Waals surface area (Å²) < 4.78 is 10.2. The molecule has 0 spiro atoms. The SMILES string of the molecule is CC(C)(C)OC(=O)NC[C@H](CN)NC(=O)OC(C)(C)C. The van der Waals surface area contributed by atoms with Crippen molar-refractivity contribution in [2.24, 2.45) is 5.73 Å². The van der Waals surface area contributed by atoms with E-state index in [9.17, 15) is 9.59 Å². The Morgan fingerprint density at radius 1 is 1.00 bits per heavy atom. The standard InChI is InChI=1S/C13H27N3O4/c1-12(2,3)19-10(17)15-8-9(7-14)16-11(18)20-13(4,5)6/h9H,7-8,14H2,1-6H3,(H,15,17)(H,16,18)/t9-/m0/s1. The highest BCUT2D eigenvalue weighted by atomic mass is 16.6. The molecule has 0 heterocycles. The molecule has 1 atom stereocenters. The maximum atomic E-state index is 11.6. The fourth-order valence-corrected chi connectivity index (χ4v) is 1.19. The minimum atomic E-state index is -0.582. The van der Waals surface area contributed by atoms with Gasteiger partial charge in [-0.1, -0.05) is 0 Å². The number of nitrogens with two attached hydrogens (primary N) is 1. The molecule has 0 aromatic rings. The van der Waals surface area contributed by atoms with Gasteiger partial charge < -0.3 is 25.8 Å². The quantitative estimate of drug-likeness (QED) is 0.725. The van der Waals surface area contributed by atoms with E-state index in [2.05, 4.69) is 10.6 Å². The van der Waals surface area contributed by atoms with Crippen LogP contribution >= 0.6 is 0 Å². The number of amides is 2. The smallest absolute Gasteiger partial charge is 0.407 e. The van der Waals surface area contributed by atoms with Crippen molar-refractivity contribution in [1.82, 2.24) is 10.6 Å². The van der Waals surface area contributed by atoms with E-state index in [0.717, 1.165) is 0 Å². The zero-order valence-corrected chi connectivity index (χ0v) is 13.2. The predicted octanol–water partition coefficient (Wildman–Crippen LogP) is 1.36. The van der Waals surface area contributed by atoms with Crippen LogP contribution in [-0.2, 0) is 9.47 Å². The third kappa shape index (κ3) is 10.4. The van der Waals surface area contributed by atoms with Crippen LogP contribution in [-0.4, -0.2) is 42.5 Å². The molecule has 2 amide bonds. The Bertz CT molecular complexity index is 331. The summed E-state index contributed by atoms with van der Waals surface area (Å²) >= 11 is 0. The number of nitrogens with one attached hydrogen (secondary N) is 2. The van der Waals surface area contributed by atoms with Crippen molar-refractivity contribution in [3.8, 4) is 0 Å². The molecule has 0 bridgehead atoms. The first-order valence-electron chi connectivity index (χ1n) is 6.59. The Labute approximate surface area is 120 Å². The molecule has 0 aliphatic carbocycles. The third-order valence-corrected chi connectivity index (χ3v) is 1.90. The van der Waals surface area contributed by atoms with Gasteiger partial charge in [0, 0.05) is 13.1 Å². The topological polar surface area (TPSA) is 103 Å². The van der Waals surface area contributed by atoms with Gasteiger partial charge in [-0.3, -0.25) is 0 Å². The summed E-state index contributed by atoms with van der Waals surface area (Å²) in [6, 6.07) is -0.419. The number of hydrogen-bond donors (Lipinski definition) is 3. The van der Waals surface area contributed by atoms with Crippen LogP contribution in [0.3, 0.4) is 0 Å². The van der Waals surface area contributed by atoms with E-state index in [-0.39, 0.29) is 13.1 Å². The molecule has 7 heteroatoms. The van der Waals surface area contributed by atoms with Gasteiger partial charge in [0.15, 0.2) is 0 Å². The van der Waals surface area contributed by atoms with Gasteiger partial charge >= 0.3 is 12.2 Å². The largest absolute Gasteiger partial charge is 0.444 e. The first-order chi connectivity index (χ1) is 8.93. The van der Waals surface area contributed by atoms with E-state index in [4.69, 9.17) is 15.2 Å². The molecule has 0 aromatic carbocycles. The lowest BCUT2D eigenvalue weighted by atomic mass is 10.2. The average molecular weight is 289 g/mol. The van der Waals surface area contributed by atoms with Gasteiger partial charge in [-0.05, 0) is 41.5 Å². The van der Waals surface area contributed by atoms with Gasteiger partial charge in [-0.15, -0.1) is 0 Å². The molecule has 7 nitrogen and oxygen atoms in total. The Hall–Kier alpha value is -1.50. The van der Waals surface area contributed by atoms with Gasteiger partial charge in [0.2, 0.25) is 0 Å². The molecule has 0 unspecified atom stereocenters. The van der Waals surface area contributed by atoms with Gasteiger partial charge in [0.05, 0.1) is 6.04 Å². The number of ether oxygens (including phenoxy) is 2. The fraction of sp³-hybridized carbons (Fsp3) is 0.846. The molecule has 0 aliphatic heterocycles. The van der Waals surface area contributed by atoms with E-state index >= 15 is 0 Å². The Balaban J connectivity index is 4.17. The summed E-state index contributed by atoms with van der Waals surface area (Å²) in [4.78, 5) is 23.0. The molecule has 0 saturated carbocycles. The monoisotopic (exact) mass is 289 g/mol.